The van der Waals surface area contributed by atoms with Gasteiger partial charge in [-0.2, -0.15) is 0 Å². The number of carbonyl (C=O) groups excluding carboxylic acids is 2. The molecule has 8 rings (SSSR count). The Bertz CT molecular complexity index is 2500. The van der Waals surface area contributed by atoms with Gasteiger partial charge in [0.2, 0.25) is 5.56 Å². The number of hydrogen-bond acceptors (Lipinski definition) is 9. The number of phenols is 1. The van der Waals surface area contributed by atoms with Crippen molar-refractivity contribution in [3.05, 3.63) is 123 Å². The van der Waals surface area contributed by atoms with Crippen molar-refractivity contribution in [1.29, 1.82) is 0 Å². The van der Waals surface area contributed by atoms with E-state index in [0.29, 0.717) is 46.9 Å². The zero-order chi connectivity index (χ0) is 45.6. The fourth-order valence-electron chi connectivity index (χ4n) is 8.47. The van der Waals surface area contributed by atoms with Crippen LogP contribution in [0.5, 0.6) is 11.5 Å². The van der Waals surface area contributed by atoms with Gasteiger partial charge in [0.25, 0.3) is 5.91 Å². The van der Waals surface area contributed by atoms with Gasteiger partial charge in [-0.25, -0.2) is 4.79 Å². The lowest BCUT2D eigenvalue weighted by molar-refractivity contribution is -0.0742. The number of amides is 2. The number of pyridine rings is 1. The number of aryl methyl sites for hydroxylation is 1. The first-order valence-corrected chi connectivity index (χ1v) is 25.6. The van der Waals surface area contributed by atoms with Crippen molar-refractivity contribution in [2.45, 2.75) is 95.7 Å². The minimum Gasteiger partial charge on any atom is -0.506 e. The van der Waals surface area contributed by atoms with Crippen LogP contribution in [-0.2, 0) is 22.1 Å². The molecule has 4 aromatic carbocycles. The molecule has 3 saturated heterocycles. The number of hydrogen-bond donors (Lipinski definition) is 5. The number of nitrogens with zero attached hydrogens (tertiary/aromatic N) is 1. The molecule has 0 saturated carbocycles. The molecule has 4 heterocycles. The van der Waals surface area contributed by atoms with Gasteiger partial charge in [-0.15, -0.1) is 0 Å². The van der Waals surface area contributed by atoms with Crippen molar-refractivity contribution in [1.82, 2.24) is 20.5 Å². The number of phenolic OH excluding ortho intramolecular Hbond substituents is 1. The molecular formula is C50H62ClN5O7Si. The molecule has 340 valence electrons. The Morgan fingerprint density at radius 1 is 0.953 bits per heavy atom. The lowest BCUT2D eigenvalue weighted by Crippen LogP contribution is -2.54. The van der Waals surface area contributed by atoms with E-state index in [1.165, 1.54) is 6.07 Å². The third-order valence-electron chi connectivity index (χ3n) is 13.3. The number of rotatable bonds is 17. The summed E-state index contributed by atoms with van der Waals surface area (Å²) in [7, 11) is -0.722. The van der Waals surface area contributed by atoms with Crippen LogP contribution in [0.4, 0.5) is 10.5 Å². The first-order chi connectivity index (χ1) is 30.5. The van der Waals surface area contributed by atoms with Crippen molar-refractivity contribution < 1.29 is 28.6 Å². The van der Waals surface area contributed by atoms with Crippen molar-refractivity contribution in [3.63, 3.8) is 0 Å². The van der Waals surface area contributed by atoms with Crippen LogP contribution in [-0.4, -0.2) is 80.7 Å². The van der Waals surface area contributed by atoms with E-state index in [1.54, 1.807) is 31.4 Å². The minimum atomic E-state index is -2.29. The third kappa shape index (κ3) is 11.0. The van der Waals surface area contributed by atoms with E-state index in [0.717, 1.165) is 91.7 Å². The van der Waals surface area contributed by atoms with Gasteiger partial charge < -0.3 is 39.5 Å². The smallest absolute Gasteiger partial charge is 0.412 e. The summed E-state index contributed by atoms with van der Waals surface area (Å²) in [6, 6.07) is 26.2. The number of benzene rings is 4. The highest BCUT2D eigenvalue weighted by molar-refractivity contribution is 6.74. The van der Waals surface area contributed by atoms with Gasteiger partial charge in [0.1, 0.15) is 17.1 Å². The highest BCUT2D eigenvalue weighted by Gasteiger charge is 2.43. The molecule has 5 N–H and O–H groups in total. The first kappa shape index (κ1) is 46.8. The summed E-state index contributed by atoms with van der Waals surface area (Å²) >= 11 is 6.76. The average molecular weight is 909 g/mol. The molecule has 1 aromatic heterocycles. The molecule has 3 aliphatic rings. The maximum atomic E-state index is 13.4. The van der Waals surface area contributed by atoms with Crippen LogP contribution in [0.25, 0.3) is 22.0 Å². The maximum Gasteiger partial charge on any atom is 0.412 e. The topological polar surface area (TPSA) is 154 Å². The van der Waals surface area contributed by atoms with Crippen molar-refractivity contribution >= 4 is 48.5 Å². The van der Waals surface area contributed by atoms with E-state index in [4.69, 9.17) is 25.5 Å². The number of aromatic amines is 1. The van der Waals surface area contributed by atoms with Gasteiger partial charge >= 0.3 is 6.09 Å². The van der Waals surface area contributed by atoms with Crippen LogP contribution in [0.2, 0.25) is 23.2 Å². The molecule has 12 nitrogen and oxygen atoms in total. The monoisotopic (exact) mass is 907 g/mol. The summed E-state index contributed by atoms with van der Waals surface area (Å²) in [5, 5.41) is 21.2. The molecule has 3 fully saturated rings. The van der Waals surface area contributed by atoms with Gasteiger partial charge in [-0.3, -0.25) is 14.9 Å². The van der Waals surface area contributed by atoms with Crippen LogP contribution in [0, 0.1) is 0 Å². The minimum absolute atomic E-state index is 0.00805. The highest BCUT2D eigenvalue weighted by Crippen LogP contribution is 2.42. The number of unbranched alkanes of at least 4 members (excludes halogenated alkanes) is 1. The predicted molar refractivity (Wildman–Crippen MR) is 257 cm³/mol. The Morgan fingerprint density at radius 2 is 1.69 bits per heavy atom. The number of piperidine rings is 3. The summed E-state index contributed by atoms with van der Waals surface area (Å²) in [5.41, 5.74) is 5.36. The Hall–Kier alpha value is -5.18. The van der Waals surface area contributed by atoms with Gasteiger partial charge in [-0.1, -0.05) is 80.9 Å². The Kier molecular flexibility index (Phi) is 14.6. The zero-order valence-electron chi connectivity index (χ0n) is 37.9. The molecule has 0 spiro atoms. The SMILES string of the molecule is COc1cc(C(=O)NCCCCc2ccc(-c3ccccc3)c(NC(=O)OC34CCN(CC3)CC4)c2)c(Cl)cc1CNC[C@H](O[Si](C)(C)C(C)(C)C)c1ccc(O)c2[nH]c(=O)ccc12. The summed E-state index contributed by atoms with van der Waals surface area (Å²) in [6.45, 7) is 15.1. The first-order valence-electron chi connectivity index (χ1n) is 22.3. The number of nitrogens with one attached hydrogen (secondary N) is 4. The second kappa shape index (κ2) is 19.9. The molecule has 2 bridgehead atoms. The zero-order valence-corrected chi connectivity index (χ0v) is 39.6. The van der Waals surface area contributed by atoms with Gasteiger partial charge in [0.05, 0.1) is 35.0 Å². The molecule has 0 unspecified atom stereocenters. The normalized spacial score (nSPS) is 17.8. The predicted octanol–water partition coefficient (Wildman–Crippen LogP) is 9.95. The van der Waals surface area contributed by atoms with E-state index >= 15 is 0 Å². The number of aromatic hydroxyl groups is 1. The number of methoxy groups -OCH3 is 1. The number of carbonyl (C=O) groups is 2. The number of anilines is 1. The second-order valence-corrected chi connectivity index (χ2v) is 23.8. The second-order valence-electron chi connectivity index (χ2n) is 18.7. The number of aromatic nitrogens is 1. The number of ether oxygens (including phenoxy) is 2. The lowest BCUT2D eigenvalue weighted by atomic mass is 9.83. The van der Waals surface area contributed by atoms with Gasteiger partial charge in [-0.05, 0) is 84.4 Å². The van der Waals surface area contributed by atoms with Crippen LogP contribution < -0.4 is 26.2 Å². The Labute approximate surface area is 382 Å². The molecule has 14 heteroatoms. The fraction of sp³-hybridized carbons (Fsp3) is 0.420. The van der Waals surface area contributed by atoms with E-state index < -0.39 is 20.5 Å². The van der Waals surface area contributed by atoms with Gasteiger partial charge in [0, 0.05) is 81.1 Å². The van der Waals surface area contributed by atoms with Crippen molar-refractivity contribution in [2.75, 3.05) is 45.2 Å². The van der Waals surface area contributed by atoms with E-state index in [1.807, 2.05) is 42.5 Å². The Balaban J connectivity index is 0.956. The quantitative estimate of drug-likeness (QED) is 0.0453. The van der Waals surface area contributed by atoms with Crippen LogP contribution >= 0.6 is 11.6 Å². The van der Waals surface area contributed by atoms with E-state index in [9.17, 15) is 19.5 Å². The average Bonchev–Trinajstić information content (AvgIpc) is 3.26. The molecule has 1 atom stereocenters. The molecule has 0 aliphatic carbocycles. The molecule has 3 aliphatic heterocycles. The van der Waals surface area contributed by atoms with Crippen LogP contribution in [0.15, 0.2) is 89.7 Å². The molecule has 0 radical (unpaired) electrons. The summed E-state index contributed by atoms with van der Waals surface area (Å²) in [4.78, 5) is 44.1. The number of halogens is 1. The number of fused-ring (bicyclic) bond motifs is 4. The number of H-pyrrole nitrogens is 1. The molecular weight excluding hydrogens is 846 g/mol. The van der Waals surface area contributed by atoms with Crippen molar-refractivity contribution in [3.8, 4) is 22.6 Å². The lowest BCUT2D eigenvalue weighted by Gasteiger charge is -2.47. The van der Waals surface area contributed by atoms with Crippen molar-refractivity contribution in [2.24, 2.45) is 0 Å². The molecule has 2 amide bonds. The van der Waals surface area contributed by atoms with E-state index in [-0.39, 0.29) is 27.9 Å². The third-order valence-corrected chi connectivity index (χ3v) is 18.1. The summed E-state index contributed by atoms with van der Waals surface area (Å²) in [6.07, 6.45) is 4.10. The summed E-state index contributed by atoms with van der Waals surface area (Å²) < 4.78 is 18.8. The van der Waals surface area contributed by atoms with Crippen LogP contribution in [0.3, 0.4) is 0 Å². The highest BCUT2D eigenvalue weighted by atomic mass is 35.5. The Morgan fingerprint density at radius 3 is 2.39 bits per heavy atom. The van der Waals surface area contributed by atoms with Gasteiger partial charge in [0.15, 0.2) is 8.32 Å². The fourth-order valence-corrected chi connectivity index (χ4v) is 10.0. The maximum absolute atomic E-state index is 13.4. The van der Waals surface area contributed by atoms with Crippen LogP contribution in [0.1, 0.15) is 86.0 Å². The largest absolute Gasteiger partial charge is 0.506 e. The standard InChI is InChI=1S/C50H62ClN5O7Si/c1-49(2,3)64(5,6)63-44(37-17-19-42(57)46-38(37)18-20-45(58)55-46)32-52-31-35-29-40(51)39(30-43(35)61-4)47(59)53-24-11-10-12-33-15-16-36(34-13-8-7-9-14-34)41(28-33)54-48(60)62-50-21-25-56(26-22-50)27-23-50/h7-9,13-20,28-30,44,52,57H,10-12,21-27,31-32H2,1-6H3,(H,53,59)(H,54,60)(H,55,58)/t44-/m0/s1. The molecule has 64 heavy (non-hydrogen) atoms. The molecule has 5 aromatic rings. The van der Waals surface area contributed by atoms with E-state index in [2.05, 4.69) is 71.8 Å². The summed E-state index contributed by atoms with van der Waals surface area (Å²) in [5.74, 6) is 0.224.